The van der Waals surface area contributed by atoms with E-state index in [1.165, 1.54) is 34.9 Å². The van der Waals surface area contributed by atoms with Crippen molar-refractivity contribution in [3.05, 3.63) is 95.1 Å². The number of hydrogen-bond donors (Lipinski definition) is 1. The Hall–Kier alpha value is -3.37. The van der Waals surface area contributed by atoms with E-state index in [9.17, 15) is 9.90 Å². The molecule has 158 valence electrons. The van der Waals surface area contributed by atoms with Crippen molar-refractivity contribution in [3.8, 4) is 16.9 Å². The SMILES string of the molecule is COCC(Cc1ccc(OC/C=C/c2ccc3c(c2)Cc2ccccc2-3)cc1)C(=O)O. The van der Waals surface area contributed by atoms with Crippen molar-refractivity contribution in [2.75, 3.05) is 20.3 Å². The van der Waals surface area contributed by atoms with Crippen LogP contribution in [0.25, 0.3) is 17.2 Å². The average molecular weight is 415 g/mol. The maximum Gasteiger partial charge on any atom is 0.309 e. The highest BCUT2D eigenvalue weighted by Crippen LogP contribution is 2.36. The first-order valence-corrected chi connectivity index (χ1v) is 10.5. The molecule has 3 aromatic carbocycles. The molecule has 1 atom stereocenters. The first-order chi connectivity index (χ1) is 15.1. The van der Waals surface area contributed by atoms with Gasteiger partial charge in [0.1, 0.15) is 12.4 Å². The van der Waals surface area contributed by atoms with Crippen molar-refractivity contribution in [2.45, 2.75) is 12.8 Å². The van der Waals surface area contributed by atoms with E-state index < -0.39 is 11.9 Å². The Balaban J connectivity index is 1.31. The van der Waals surface area contributed by atoms with Crippen LogP contribution < -0.4 is 4.74 Å². The van der Waals surface area contributed by atoms with Crippen LogP contribution in [0.3, 0.4) is 0 Å². The predicted molar refractivity (Wildman–Crippen MR) is 122 cm³/mol. The zero-order valence-electron chi connectivity index (χ0n) is 17.6. The number of benzene rings is 3. The lowest BCUT2D eigenvalue weighted by molar-refractivity contribution is -0.143. The Morgan fingerprint density at radius 2 is 1.81 bits per heavy atom. The van der Waals surface area contributed by atoms with Gasteiger partial charge in [0.2, 0.25) is 0 Å². The van der Waals surface area contributed by atoms with Crippen LogP contribution in [0.2, 0.25) is 0 Å². The number of carboxylic acids is 1. The average Bonchev–Trinajstić information content (AvgIpc) is 3.15. The van der Waals surface area contributed by atoms with Gasteiger partial charge in [-0.1, -0.05) is 60.7 Å². The topological polar surface area (TPSA) is 55.8 Å². The van der Waals surface area contributed by atoms with E-state index in [2.05, 4.69) is 48.5 Å². The van der Waals surface area contributed by atoms with Crippen molar-refractivity contribution in [1.29, 1.82) is 0 Å². The molecule has 1 N–H and O–H groups in total. The van der Waals surface area contributed by atoms with Crippen LogP contribution in [0, 0.1) is 5.92 Å². The van der Waals surface area contributed by atoms with Gasteiger partial charge in [0.05, 0.1) is 12.5 Å². The van der Waals surface area contributed by atoms with E-state index in [0.29, 0.717) is 13.0 Å². The number of hydrogen-bond acceptors (Lipinski definition) is 3. The van der Waals surface area contributed by atoms with Gasteiger partial charge in [0.25, 0.3) is 0 Å². The molecule has 0 spiro atoms. The smallest absolute Gasteiger partial charge is 0.309 e. The fourth-order valence-corrected chi connectivity index (χ4v) is 4.02. The molecular formula is C27H26O4. The third kappa shape index (κ3) is 5.04. The summed E-state index contributed by atoms with van der Waals surface area (Å²) in [6, 6.07) is 22.7. The Morgan fingerprint density at radius 3 is 2.58 bits per heavy atom. The van der Waals surface area contributed by atoms with Crippen molar-refractivity contribution in [3.63, 3.8) is 0 Å². The molecule has 1 aliphatic carbocycles. The van der Waals surface area contributed by atoms with Gasteiger partial charge in [0.15, 0.2) is 0 Å². The Morgan fingerprint density at radius 1 is 1.03 bits per heavy atom. The van der Waals surface area contributed by atoms with Crippen molar-refractivity contribution in [2.24, 2.45) is 5.92 Å². The number of carbonyl (C=O) groups is 1. The molecule has 3 aromatic rings. The molecule has 1 unspecified atom stereocenters. The van der Waals surface area contributed by atoms with Gasteiger partial charge in [-0.05, 0) is 64.4 Å². The molecule has 0 aliphatic heterocycles. The van der Waals surface area contributed by atoms with E-state index in [1.54, 1.807) is 0 Å². The largest absolute Gasteiger partial charge is 0.490 e. The normalized spacial score (nSPS) is 13.1. The Kier molecular flexibility index (Phi) is 6.48. The molecule has 0 heterocycles. The predicted octanol–water partition coefficient (Wildman–Crippen LogP) is 5.24. The molecule has 31 heavy (non-hydrogen) atoms. The summed E-state index contributed by atoms with van der Waals surface area (Å²) in [5.41, 5.74) is 7.56. The maximum atomic E-state index is 11.3. The monoisotopic (exact) mass is 414 g/mol. The van der Waals surface area contributed by atoms with Crippen LogP contribution in [-0.4, -0.2) is 31.4 Å². The second-order valence-electron chi connectivity index (χ2n) is 7.80. The number of ether oxygens (including phenoxy) is 2. The summed E-state index contributed by atoms with van der Waals surface area (Å²) < 4.78 is 10.8. The van der Waals surface area contributed by atoms with Crippen LogP contribution >= 0.6 is 0 Å². The minimum absolute atomic E-state index is 0.202. The van der Waals surface area contributed by atoms with Gasteiger partial charge in [-0.15, -0.1) is 0 Å². The van der Waals surface area contributed by atoms with Crippen LogP contribution in [0.1, 0.15) is 22.3 Å². The third-order valence-electron chi connectivity index (χ3n) is 5.60. The number of rotatable bonds is 9. The standard InChI is InChI=1S/C27H26O4/c1-30-18-23(27(28)29)16-20-8-11-24(12-9-20)31-14-4-5-19-10-13-26-22(15-19)17-21-6-2-3-7-25(21)26/h2-13,15,23H,14,16-18H2,1H3,(H,28,29)/b5-4+. The molecule has 0 bridgehead atoms. The molecule has 4 rings (SSSR count). The number of aliphatic carboxylic acids is 1. The lowest BCUT2D eigenvalue weighted by atomic mass is 10.0. The molecule has 4 heteroatoms. The van der Waals surface area contributed by atoms with Crippen molar-refractivity contribution >= 4 is 12.0 Å². The highest BCUT2D eigenvalue weighted by Gasteiger charge is 2.18. The van der Waals surface area contributed by atoms with Gasteiger partial charge in [-0.25, -0.2) is 0 Å². The summed E-state index contributed by atoms with van der Waals surface area (Å²) in [7, 11) is 1.52. The summed E-state index contributed by atoms with van der Waals surface area (Å²) >= 11 is 0. The molecule has 4 nitrogen and oxygen atoms in total. The lowest BCUT2D eigenvalue weighted by Gasteiger charge is -2.11. The molecular weight excluding hydrogens is 388 g/mol. The molecule has 0 amide bonds. The molecule has 0 aromatic heterocycles. The van der Waals surface area contributed by atoms with Gasteiger partial charge in [0, 0.05) is 7.11 Å². The minimum atomic E-state index is -0.845. The fraction of sp³-hybridized carbons (Fsp3) is 0.222. The van der Waals surface area contributed by atoms with E-state index in [0.717, 1.165) is 17.7 Å². The van der Waals surface area contributed by atoms with Gasteiger partial charge < -0.3 is 14.6 Å². The molecule has 0 saturated carbocycles. The second-order valence-corrected chi connectivity index (χ2v) is 7.80. The maximum absolute atomic E-state index is 11.3. The Bertz CT molecular complexity index is 1080. The zero-order chi connectivity index (χ0) is 21.6. The fourth-order valence-electron chi connectivity index (χ4n) is 4.02. The highest BCUT2D eigenvalue weighted by molar-refractivity contribution is 5.78. The number of fused-ring (bicyclic) bond motifs is 3. The second kappa shape index (κ2) is 9.63. The van der Waals surface area contributed by atoms with Crippen LogP contribution in [0.4, 0.5) is 0 Å². The number of methoxy groups -OCH3 is 1. The summed E-state index contributed by atoms with van der Waals surface area (Å²) in [4.78, 5) is 11.3. The van der Waals surface area contributed by atoms with Crippen LogP contribution in [0.15, 0.2) is 72.8 Å². The first kappa shape index (κ1) is 20.9. The first-order valence-electron chi connectivity index (χ1n) is 10.5. The molecule has 0 radical (unpaired) electrons. The van der Waals surface area contributed by atoms with Crippen LogP contribution in [0.5, 0.6) is 5.75 Å². The molecule has 1 aliphatic rings. The number of carboxylic acid groups (broad SMARTS) is 1. The van der Waals surface area contributed by atoms with Gasteiger partial charge in [-0.2, -0.15) is 0 Å². The highest BCUT2D eigenvalue weighted by atomic mass is 16.5. The third-order valence-corrected chi connectivity index (χ3v) is 5.60. The van der Waals surface area contributed by atoms with E-state index in [1.807, 2.05) is 30.3 Å². The minimum Gasteiger partial charge on any atom is -0.490 e. The van der Waals surface area contributed by atoms with Crippen molar-refractivity contribution < 1.29 is 19.4 Å². The molecule has 0 fully saturated rings. The van der Waals surface area contributed by atoms with Gasteiger partial charge >= 0.3 is 5.97 Å². The summed E-state index contributed by atoms with van der Waals surface area (Å²) in [6.07, 6.45) is 5.52. The van der Waals surface area contributed by atoms with E-state index >= 15 is 0 Å². The van der Waals surface area contributed by atoms with Crippen molar-refractivity contribution in [1.82, 2.24) is 0 Å². The summed E-state index contributed by atoms with van der Waals surface area (Å²) in [6.45, 7) is 0.672. The zero-order valence-corrected chi connectivity index (χ0v) is 17.6. The van der Waals surface area contributed by atoms with E-state index in [4.69, 9.17) is 9.47 Å². The van der Waals surface area contributed by atoms with Crippen LogP contribution in [-0.2, 0) is 22.4 Å². The molecule has 0 saturated heterocycles. The summed E-state index contributed by atoms with van der Waals surface area (Å²) in [5.74, 6) is -0.626. The lowest BCUT2D eigenvalue weighted by Crippen LogP contribution is -2.21. The quantitative estimate of drug-likeness (QED) is 0.407. The van der Waals surface area contributed by atoms with E-state index in [-0.39, 0.29) is 6.61 Å². The summed E-state index contributed by atoms with van der Waals surface area (Å²) in [5, 5.41) is 9.24. The van der Waals surface area contributed by atoms with Gasteiger partial charge in [-0.3, -0.25) is 4.79 Å². The Labute approximate surface area is 182 Å².